The molecule has 0 amide bonds. The van der Waals surface area contributed by atoms with Gasteiger partial charge < -0.3 is 20.3 Å². The minimum atomic E-state index is -0.811. The van der Waals surface area contributed by atoms with Crippen LogP contribution in [0.4, 0.5) is 14.5 Å². The van der Waals surface area contributed by atoms with Crippen LogP contribution in [0.5, 0.6) is 5.75 Å². The van der Waals surface area contributed by atoms with Crippen LogP contribution in [0.3, 0.4) is 0 Å². The molecule has 6 atom stereocenters. The van der Waals surface area contributed by atoms with Crippen LogP contribution in [-0.4, -0.2) is 51.6 Å². The summed E-state index contributed by atoms with van der Waals surface area (Å²) in [5, 5.41) is 7.69. The molecule has 3 aromatic rings. The van der Waals surface area contributed by atoms with Crippen molar-refractivity contribution in [2.75, 3.05) is 18.4 Å². The fraction of sp³-hybridized carbons (Fsp3) is 0.545. The van der Waals surface area contributed by atoms with E-state index in [1.807, 2.05) is 12.1 Å². The number of benzene rings is 2. The Morgan fingerprint density at radius 2 is 1.86 bits per heavy atom. The lowest BCUT2D eigenvalue weighted by Gasteiger charge is -2.61. The van der Waals surface area contributed by atoms with Crippen molar-refractivity contribution in [3.8, 4) is 5.75 Å². The number of guanidine groups is 1. The van der Waals surface area contributed by atoms with E-state index < -0.39 is 11.6 Å². The molecule has 7 rings (SSSR count). The topological polar surface area (TPSA) is 83.8 Å². The van der Waals surface area contributed by atoms with Gasteiger partial charge in [0.1, 0.15) is 18.2 Å². The zero-order valence-corrected chi connectivity index (χ0v) is 25.8. The third kappa shape index (κ3) is 5.61. The Hall–Kier alpha value is -3.53. The first-order valence-electron chi connectivity index (χ1n) is 15.3. The van der Waals surface area contributed by atoms with Crippen LogP contribution in [0, 0.1) is 34.8 Å². The van der Waals surface area contributed by atoms with Gasteiger partial charge in [0.25, 0.3) is 5.56 Å². The number of halogens is 2. The van der Waals surface area contributed by atoms with E-state index >= 15 is 0 Å². The van der Waals surface area contributed by atoms with Gasteiger partial charge in [-0.3, -0.25) is 9.36 Å². The number of fused-ring (bicyclic) bond motifs is 3. The lowest BCUT2D eigenvalue weighted by molar-refractivity contribution is -0.108. The minimum absolute atomic E-state index is 0.107. The average Bonchev–Trinajstić information content (AvgIpc) is 2.94. The van der Waals surface area contributed by atoms with Crippen LogP contribution in [0.15, 0.2) is 46.2 Å². The van der Waals surface area contributed by atoms with E-state index in [1.165, 1.54) is 17.1 Å². The summed E-state index contributed by atoms with van der Waals surface area (Å²) in [4.78, 5) is 25.6. The van der Waals surface area contributed by atoms with E-state index in [-0.39, 0.29) is 24.0 Å². The predicted molar refractivity (Wildman–Crippen MR) is 165 cm³/mol. The Labute approximate surface area is 251 Å². The second kappa shape index (κ2) is 11.2. The summed E-state index contributed by atoms with van der Waals surface area (Å²) in [6, 6.07) is 9.53. The molecule has 230 valence electrons. The van der Waals surface area contributed by atoms with Gasteiger partial charge in [-0.2, -0.15) is 0 Å². The monoisotopic (exact) mass is 592 g/mol. The largest absolute Gasteiger partial charge is 0.483 e. The molecule has 8 nitrogen and oxygen atoms in total. The van der Waals surface area contributed by atoms with E-state index in [2.05, 4.69) is 50.2 Å². The smallest absolute Gasteiger partial charge is 0.261 e. The fourth-order valence-electron chi connectivity index (χ4n) is 7.53. The van der Waals surface area contributed by atoms with E-state index in [0.717, 1.165) is 43.3 Å². The molecule has 3 saturated carbocycles. The number of nitrogens with zero attached hydrogens (tertiary/aromatic N) is 4. The van der Waals surface area contributed by atoms with Crippen molar-refractivity contribution in [2.45, 2.75) is 72.2 Å². The Bertz CT molecular complexity index is 1610. The zero-order valence-electron chi connectivity index (χ0n) is 25.8. The van der Waals surface area contributed by atoms with Crippen molar-refractivity contribution in [3.63, 3.8) is 0 Å². The number of hydrogen-bond donors (Lipinski definition) is 2. The molecule has 0 spiro atoms. The Morgan fingerprint density at radius 3 is 2.53 bits per heavy atom. The van der Waals surface area contributed by atoms with Crippen molar-refractivity contribution in [2.24, 2.45) is 35.2 Å². The van der Waals surface area contributed by atoms with Crippen molar-refractivity contribution < 1.29 is 13.5 Å². The van der Waals surface area contributed by atoms with Gasteiger partial charge in [0.15, 0.2) is 17.5 Å². The van der Waals surface area contributed by atoms with Crippen LogP contribution < -0.4 is 20.9 Å². The number of aliphatic imine (C=N–C) groups is 1. The Balaban J connectivity index is 1.30. The molecule has 2 aromatic carbocycles. The number of anilines is 1. The molecule has 2 bridgehead atoms. The number of ether oxygens (including phenoxy) is 1. The molecule has 10 heteroatoms. The molecule has 43 heavy (non-hydrogen) atoms. The molecular formula is C33H42F2N6O2. The fourth-order valence-corrected chi connectivity index (χ4v) is 7.53. The molecule has 1 aliphatic heterocycles. The highest BCUT2D eigenvalue weighted by Crippen LogP contribution is 2.61. The van der Waals surface area contributed by atoms with E-state index in [1.54, 1.807) is 13.1 Å². The highest BCUT2D eigenvalue weighted by Gasteiger charge is 2.56. The second-order valence-electron chi connectivity index (χ2n) is 13.5. The quantitative estimate of drug-likeness (QED) is 0.309. The van der Waals surface area contributed by atoms with Crippen LogP contribution >= 0.6 is 0 Å². The molecule has 3 aliphatic carbocycles. The molecule has 2 heterocycles. The highest BCUT2D eigenvalue weighted by molar-refractivity contribution is 5.96. The van der Waals surface area contributed by atoms with Gasteiger partial charge in [0.2, 0.25) is 0 Å². The first kappa shape index (κ1) is 29.5. The Kier molecular flexibility index (Phi) is 7.69. The third-order valence-corrected chi connectivity index (χ3v) is 10.1. The molecular weight excluding hydrogens is 550 g/mol. The minimum Gasteiger partial charge on any atom is -0.483 e. The maximum Gasteiger partial charge on any atom is 0.261 e. The number of rotatable bonds is 5. The van der Waals surface area contributed by atoms with Crippen molar-refractivity contribution in [1.29, 1.82) is 0 Å². The Morgan fingerprint density at radius 1 is 1.12 bits per heavy atom. The molecule has 4 fully saturated rings. The lowest BCUT2D eigenvalue weighted by Crippen LogP contribution is -2.59. The van der Waals surface area contributed by atoms with E-state index in [4.69, 9.17) is 14.7 Å². The molecule has 4 aliphatic rings. The molecule has 1 aromatic heterocycles. The molecule has 1 saturated heterocycles. The van der Waals surface area contributed by atoms with Crippen molar-refractivity contribution in [3.05, 3.63) is 64.2 Å². The van der Waals surface area contributed by atoms with Crippen LogP contribution in [-0.2, 0) is 13.7 Å². The summed E-state index contributed by atoms with van der Waals surface area (Å²) in [7, 11) is 1.61. The summed E-state index contributed by atoms with van der Waals surface area (Å²) < 4.78 is 34.4. The van der Waals surface area contributed by atoms with Gasteiger partial charge in [-0.15, -0.1) is 0 Å². The van der Waals surface area contributed by atoms with Crippen LogP contribution in [0.2, 0.25) is 0 Å². The van der Waals surface area contributed by atoms with Gasteiger partial charge >= 0.3 is 0 Å². The summed E-state index contributed by atoms with van der Waals surface area (Å²) in [6.07, 6.45) is 2.40. The third-order valence-electron chi connectivity index (χ3n) is 10.1. The van der Waals surface area contributed by atoms with Gasteiger partial charge in [-0.1, -0.05) is 20.8 Å². The SMILES string of the molecule is C[C@@H]1CN(C(=NC2C[C@@H]3C[C@H]([C@@H]2C)C3(C)C)Nc2ccc3c(=O)n(C)c(COc4ccc(F)cc4F)nc3c2)C[C@H](C)N1. The normalized spacial score (nSPS) is 28.5. The van der Waals surface area contributed by atoms with Crippen LogP contribution in [0.25, 0.3) is 10.9 Å². The van der Waals surface area contributed by atoms with Crippen LogP contribution in [0.1, 0.15) is 53.3 Å². The van der Waals surface area contributed by atoms with E-state index in [0.29, 0.717) is 52.0 Å². The predicted octanol–water partition coefficient (Wildman–Crippen LogP) is 5.31. The molecule has 0 radical (unpaired) electrons. The van der Waals surface area contributed by atoms with Gasteiger partial charge in [-0.25, -0.2) is 18.8 Å². The summed E-state index contributed by atoms with van der Waals surface area (Å²) in [5.74, 6) is 1.47. The summed E-state index contributed by atoms with van der Waals surface area (Å²) in [6.45, 7) is 13.1. The number of hydrogen-bond acceptors (Lipinski definition) is 5. The molecule has 2 N–H and O–H groups in total. The first-order chi connectivity index (χ1) is 20.4. The standard InChI is InChI=1S/C33H42F2N6O2/c1-18-15-41(16-19(2)36-18)32(39-27-12-21-11-25(20(27)3)33(21,4)5)37-23-8-9-24-28(14-23)38-30(40(6)31(24)42)17-43-29-10-7-22(34)13-26(29)35/h7-10,13-14,18-21,25,27,36H,11-12,15-17H2,1-6H3,(H,37,39)/t18-,19+,20-,21-,25+,27?/m0/s1. The maximum absolute atomic E-state index is 14.1. The first-order valence-corrected chi connectivity index (χ1v) is 15.3. The number of piperazine rings is 1. The van der Waals surface area contributed by atoms with Crippen molar-refractivity contribution >= 4 is 22.5 Å². The highest BCUT2D eigenvalue weighted by atomic mass is 19.1. The average molecular weight is 593 g/mol. The summed E-state index contributed by atoms with van der Waals surface area (Å²) >= 11 is 0. The van der Waals surface area contributed by atoms with Gasteiger partial charge in [0.05, 0.1) is 16.9 Å². The van der Waals surface area contributed by atoms with Gasteiger partial charge in [0, 0.05) is 44.0 Å². The lowest BCUT2D eigenvalue weighted by atomic mass is 9.45. The molecule has 1 unspecified atom stereocenters. The van der Waals surface area contributed by atoms with Crippen molar-refractivity contribution in [1.82, 2.24) is 19.8 Å². The second-order valence-corrected chi connectivity index (χ2v) is 13.5. The van der Waals surface area contributed by atoms with Gasteiger partial charge in [-0.05, 0) is 80.2 Å². The number of nitrogens with one attached hydrogen (secondary N) is 2. The number of aromatic nitrogens is 2. The zero-order chi connectivity index (χ0) is 30.6. The van der Waals surface area contributed by atoms with E-state index in [9.17, 15) is 13.6 Å². The summed E-state index contributed by atoms with van der Waals surface area (Å²) in [5.41, 5.74) is 1.45. The maximum atomic E-state index is 14.1.